The minimum Gasteiger partial charge on any atom is -0.475 e. The topological polar surface area (TPSA) is 105 Å². The van der Waals surface area contributed by atoms with Crippen LogP contribution < -0.4 is 16.0 Å². The van der Waals surface area contributed by atoms with E-state index in [1.165, 1.54) is 6.92 Å². The van der Waals surface area contributed by atoms with Crippen molar-refractivity contribution in [2.75, 3.05) is 36.5 Å². The molecule has 25 heavy (non-hydrogen) atoms. The lowest BCUT2D eigenvalue weighted by Crippen LogP contribution is -2.37. The summed E-state index contributed by atoms with van der Waals surface area (Å²) in [5.74, 6) is -2.83. The molecule has 1 amide bonds. The summed E-state index contributed by atoms with van der Waals surface area (Å²) in [6.07, 6.45) is -5.08. The van der Waals surface area contributed by atoms with Gasteiger partial charge in [-0.1, -0.05) is 0 Å². The van der Waals surface area contributed by atoms with Gasteiger partial charge in [-0.05, 0) is 23.8 Å². The number of nitrogens with two attached hydrogens (primary N) is 1. The van der Waals surface area contributed by atoms with Crippen molar-refractivity contribution >= 4 is 23.3 Å². The maximum atomic E-state index is 11.0. The van der Waals surface area contributed by atoms with Crippen LogP contribution in [0, 0.1) is 0 Å². The number of morpholine rings is 1. The number of hydrogen-bond donors (Lipinski definition) is 3. The van der Waals surface area contributed by atoms with E-state index in [1.54, 1.807) is 0 Å². The molecule has 0 saturated carbocycles. The highest BCUT2D eigenvalue weighted by atomic mass is 19.4. The molecule has 0 spiro atoms. The van der Waals surface area contributed by atoms with E-state index >= 15 is 0 Å². The van der Waals surface area contributed by atoms with Crippen molar-refractivity contribution in [3.8, 4) is 0 Å². The van der Waals surface area contributed by atoms with Crippen LogP contribution in [0.15, 0.2) is 18.2 Å². The predicted molar refractivity (Wildman–Crippen MR) is 85.4 cm³/mol. The Balaban J connectivity index is 0.000000381. The van der Waals surface area contributed by atoms with Crippen LogP contribution in [0.1, 0.15) is 12.5 Å². The van der Waals surface area contributed by atoms with Crippen LogP contribution in [-0.4, -0.2) is 49.5 Å². The SMILES string of the molecule is CC(=O)Nc1ccc(N2CCOCC2)c(CN)c1.O=C(O)C(F)(F)F. The minimum atomic E-state index is -5.08. The summed E-state index contributed by atoms with van der Waals surface area (Å²) in [4.78, 5) is 22.2. The molecule has 10 heteroatoms. The molecule has 0 aliphatic carbocycles. The van der Waals surface area contributed by atoms with Crippen molar-refractivity contribution in [2.24, 2.45) is 5.73 Å². The average molecular weight is 363 g/mol. The van der Waals surface area contributed by atoms with E-state index in [-0.39, 0.29) is 5.91 Å². The van der Waals surface area contributed by atoms with Crippen molar-refractivity contribution in [1.29, 1.82) is 0 Å². The van der Waals surface area contributed by atoms with Gasteiger partial charge in [-0.2, -0.15) is 13.2 Å². The van der Waals surface area contributed by atoms with Crippen LogP contribution in [0.3, 0.4) is 0 Å². The Labute approximate surface area is 142 Å². The summed E-state index contributed by atoms with van der Waals surface area (Å²) >= 11 is 0. The van der Waals surface area contributed by atoms with Crippen molar-refractivity contribution < 1.29 is 32.6 Å². The number of carbonyl (C=O) groups excluding carboxylic acids is 1. The summed E-state index contributed by atoms with van der Waals surface area (Å²) in [7, 11) is 0. The molecule has 0 atom stereocenters. The Morgan fingerprint density at radius 1 is 1.32 bits per heavy atom. The van der Waals surface area contributed by atoms with Gasteiger partial charge in [0.2, 0.25) is 5.91 Å². The summed E-state index contributed by atoms with van der Waals surface area (Å²) in [5.41, 5.74) is 8.76. The van der Waals surface area contributed by atoms with Crippen LogP contribution in [0.4, 0.5) is 24.5 Å². The first-order valence-corrected chi connectivity index (χ1v) is 7.38. The van der Waals surface area contributed by atoms with E-state index in [2.05, 4.69) is 10.2 Å². The number of carboxylic acids is 1. The third kappa shape index (κ3) is 6.98. The van der Waals surface area contributed by atoms with Crippen LogP contribution >= 0.6 is 0 Å². The van der Waals surface area contributed by atoms with E-state index in [4.69, 9.17) is 20.4 Å². The molecular weight excluding hydrogens is 343 g/mol. The van der Waals surface area contributed by atoms with Crippen molar-refractivity contribution in [2.45, 2.75) is 19.6 Å². The Bertz CT molecular complexity index is 602. The number of carbonyl (C=O) groups is 2. The summed E-state index contributed by atoms with van der Waals surface area (Å²) in [5, 5.41) is 9.90. The zero-order valence-electron chi connectivity index (χ0n) is 13.6. The van der Waals surface area contributed by atoms with E-state index < -0.39 is 12.1 Å². The van der Waals surface area contributed by atoms with Gasteiger partial charge in [0.1, 0.15) is 0 Å². The molecule has 0 radical (unpaired) electrons. The number of benzene rings is 1. The molecule has 1 saturated heterocycles. The second-order valence-corrected chi connectivity index (χ2v) is 5.13. The molecule has 2 rings (SSSR count). The van der Waals surface area contributed by atoms with Crippen LogP contribution in [0.2, 0.25) is 0 Å². The molecule has 1 aliphatic rings. The van der Waals surface area contributed by atoms with Crippen LogP contribution in [-0.2, 0) is 20.9 Å². The molecule has 1 aromatic rings. The highest BCUT2D eigenvalue weighted by molar-refractivity contribution is 5.89. The third-order valence-electron chi connectivity index (χ3n) is 3.21. The maximum absolute atomic E-state index is 11.0. The van der Waals surface area contributed by atoms with Crippen molar-refractivity contribution in [3.63, 3.8) is 0 Å². The monoisotopic (exact) mass is 363 g/mol. The first-order chi connectivity index (χ1) is 11.6. The number of halogens is 3. The van der Waals surface area contributed by atoms with Gasteiger partial charge in [-0.3, -0.25) is 4.79 Å². The molecule has 1 aromatic carbocycles. The number of nitrogens with zero attached hydrogens (tertiary/aromatic N) is 1. The molecule has 1 heterocycles. The molecule has 0 unspecified atom stereocenters. The zero-order chi connectivity index (χ0) is 19.0. The lowest BCUT2D eigenvalue weighted by molar-refractivity contribution is -0.192. The highest BCUT2D eigenvalue weighted by Crippen LogP contribution is 2.25. The molecule has 0 bridgehead atoms. The van der Waals surface area contributed by atoms with E-state index in [9.17, 15) is 18.0 Å². The van der Waals surface area contributed by atoms with Gasteiger partial charge in [0, 0.05) is 37.9 Å². The second-order valence-electron chi connectivity index (χ2n) is 5.13. The highest BCUT2D eigenvalue weighted by Gasteiger charge is 2.38. The predicted octanol–water partition coefficient (Wildman–Crippen LogP) is 1.57. The number of rotatable bonds is 3. The average Bonchev–Trinajstić information content (AvgIpc) is 2.54. The van der Waals surface area contributed by atoms with Gasteiger partial charge in [-0.15, -0.1) is 0 Å². The van der Waals surface area contributed by atoms with E-state index in [0.717, 1.165) is 43.2 Å². The minimum absolute atomic E-state index is 0.0721. The fourth-order valence-electron chi connectivity index (χ4n) is 2.14. The maximum Gasteiger partial charge on any atom is 0.490 e. The molecule has 7 nitrogen and oxygen atoms in total. The Morgan fingerprint density at radius 3 is 2.32 bits per heavy atom. The van der Waals surface area contributed by atoms with Gasteiger partial charge in [-0.25, -0.2) is 4.79 Å². The number of carboxylic acid groups (broad SMARTS) is 1. The standard InChI is InChI=1S/C13H19N3O2.C2HF3O2/c1-10(17)15-12-2-3-13(11(8-12)9-14)16-4-6-18-7-5-16;3-2(4,5)1(6)7/h2-3,8H,4-7,9,14H2,1H3,(H,15,17);(H,6,7). The van der Waals surface area contributed by atoms with Crippen LogP contribution in [0.25, 0.3) is 0 Å². The second kappa shape index (κ2) is 9.23. The molecule has 1 aliphatic heterocycles. The van der Waals surface area contributed by atoms with E-state index in [0.29, 0.717) is 6.54 Å². The number of amides is 1. The molecule has 140 valence electrons. The van der Waals surface area contributed by atoms with Gasteiger partial charge < -0.3 is 25.8 Å². The third-order valence-corrected chi connectivity index (χ3v) is 3.21. The number of hydrogen-bond acceptors (Lipinski definition) is 5. The molecule has 1 fully saturated rings. The Morgan fingerprint density at radius 2 is 1.88 bits per heavy atom. The largest absolute Gasteiger partial charge is 0.490 e. The van der Waals surface area contributed by atoms with Crippen molar-refractivity contribution in [3.05, 3.63) is 23.8 Å². The Hall–Kier alpha value is -2.33. The zero-order valence-corrected chi connectivity index (χ0v) is 13.6. The summed E-state index contributed by atoms with van der Waals surface area (Å²) < 4.78 is 37.1. The molecule has 4 N–H and O–H groups in total. The van der Waals surface area contributed by atoms with Gasteiger partial charge >= 0.3 is 12.1 Å². The number of anilines is 2. The lowest BCUT2D eigenvalue weighted by Gasteiger charge is -2.30. The quantitative estimate of drug-likeness (QED) is 0.753. The van der Waals surface area contributed by atoms with Gasteiger partial charge in [0.25, 0.3) is 0 Å². The summed E-state index contributed by atoms with van der Waals surface area (Å²) in [6, 6.07) is 5.86. The normalized spacial score (nSPS) is 14.4. The molecular formula is C15H20F3N3O4. The van der Waals surface area contributed by atoms with Gasteiger partial charge in [0.05, 0.1) is 13.2 Å². The fraction of sp³-hybridized carbons (Fsp3) is 0.467. The first kappa shape index (κ1) is 20.7. The van der Waals surface area contributed by atoms with E-state index in [1.807, 2.05) is 18.2 Å². The Kier molecular flexibility index (Phi) is 7.65. The van der Waals surface area contributed by atoms with Crippen LogP contribution in [0.5, 0.6) is 0 Å². The number of nitrogens with one attached hydrogen (secondary N) is 1. The van der Waals surface area contributed by atoms with Crippen molar-refractivity contribution in [1.82, 2.24) is 0 Å². The number of ether oxygens (including phenoxy) is 1. The fourth-order valence-corrected chi connectivity index (χ4v) is 2.14. The molecule has 0 aromatic heterocycles. The first-order valence-electron chi connectivity index (χ1n) is 7.38. The number of alkyl halides is 3. The summed E-state index contributed by atoms with van der Waals surface area (Å²) in [6.45, 7) is 5.21. The van der Waals surface area contributed by atoms with Gasteiger partial charge in [0.15, 0.2) is 0 Å². The number of aliphatic carboxylic acids is 1. The smallest absolute Gasteiger partial charge is 0.475 e. The lowest BCUT2D eigenvalue weighted by atomic mass is 10.1.